The number of anilines is 1. The third kappa shape index (κ3) is 3.09. The van der Waals surface area contributed by atoms with Crippen LogP contribution in [0.3, 0.4) is 0 Å². The van der Waals surface area contributed by atoms with Crippen molar-refractivity contribution in [2.24, 2.45) is 5.92 Å². The number of aromatic nitrogens is 2. The van der Waals surface area contributed by atoms with Gasteiger partial charge >= 0.3 is 6.03 Å². The summed E-state index contributed by atoms with van der Waals surface area (Å²) >= 11 is 1.15. The van der Waals surface area contributed by atoms with Crippen molar-refractivity contribution >= 4 is 34.3 Å². The number of carbonyl (C=O) groups excluding carboxylic acids is 3. The first kappa shape index (κ1) is 17.7. The fourth-order valence-corrected chi connectivity index (χ4v) is 4.44. The summed E-state index contributed by atoms with van der Waals surface area (Å²) in [5.41, 5.74) is -0.870. The molecule has 0 unspecified atom stereocenters. The van der Waals surface area contributed by atoms with Gasteiger partial charge in [0.25, 0.3) is 5.91 Å². The Kier molecular flexibility index (Phi) is 4.42. The molecule has 1 saturated heterocycles. The monoisotopic (exact) mass is 389 g/mol. The van der Waals surface area contributed by atoms with Gasteiger partial charge in [0.15, 0.2) is 10.8 Å². The number of furan rings is 1. The van der Waals surface area contributed by atoms with Crippen LogP contribution in [0.5, 0.6) is 0 Å². The number of hydrogen-bond donors (Lipinski definition) is 2. The van der Waals surface area contributed by atoms with E-state index in [-0.39, 0.29) is 23.5 Å². The molecular formula is C17H19N5O4S. The van der Waals surface area contributed by atoms with E-state index in [2.05, 4.69) is 20.8 Å². The molecule has 2 atom stereocenters. The van der Waals surface area contributed by atoms with Gasteiger partial charge < -0.3 is 9.73 Å². The van der Waals surface area contributed by atoms with Gasteiger partial charge in [0.2, 0.25) is 11.0 Å². The van der Waals surface area contributed by atoms with E-state index in [1.165, 1.54) is 6.26 Å². The Balaban J connectivity index is 1.42. The summed E-state index contributed by atoms with van der Waals surface area (Å²) in [6.45, 7) is 1.62. The molecule has 1 aliphatic heterocycles. The average molecular weight is 389 g/mol. The van der Waals surface area contributed by atoms with E-state index in [0.717, 1.165) is 35.5 Å². The summed E-state index contributed by atoms with van der Waals surface area (Å²) in [6.07, 6.45) is 4.94. The lowest BCUT2D eigenvalue weighted by Crippen LogP contribution is -2.54. The molecule has 2 N–H and O–H groups in total. The van der Waals surface area contributed by atoms with Crippen molar-refractivity contribution in [3.8, 4) is 10.8 Å². The second kappa shape index (κ2) is 6.76. The summed E-state index contributed by atoms with van der Waals surface area (Å²) in [6, 6.07) is 2.95. The van der Waals surface area contributed by atoms with Gasteiger partial charge in [-0.1, -0.05) is 31.1 Å². The molecule has 142 valence electrons. The maximum Gasteiger partial charge on any atom is 0.325 e. The first-order chi connectivity index (χ1) is 13.0. The molecule has 0 radical (unpaired) electrons. The van der Waals surface area contributed by atoms with Crippen LogP contribution in [0, 0.1) is 5.92 Å². The van der Waals surface area contributed by atoms with Crippen molar-refractivity contribution in [1.82, 2.24) is 20.4 Å². The topological polar surface area (TPSA) is 117 Å². The van der Waals surface area contributed by atoms with E-state index in [0.29, 0.717) is 17.2 Å². The highest BCUT2D eigenvalue weighted by Gasteiger charge is 2.55. The molecule has 0 aromatic carbocycles. The zero-order valence-electron chi connectivity index (χ0n) is 14.7. The van der Waals surface area contributed by atoms with Gasteiger partial charge in [-0.15, -0.1) is 10.2 Å². The van der Waals surface area contributed by atoms with Crippen LogP contribution in [0.2, 0.25) is 0 Å². The predicted molar refractivity (Wildman–Crippen MR) is 96.8 cm³/mol. The smallest absolute Gasteiger partial charge is 0.325 e. The number of nitrogens with one attached hydrogen (secondary N) is 2. The van der Waals surface area contributed by atoms with Gasteiger partial charge in [-0.3, -0.25) is 19.8 Å². The van der Waals surface area contributed by atoms with Crippen LogP contribution in [0.1, 0.15) is 32.6 Å². The van der Waals surface area contributed by atoms with Crippen LogP contribution in [0.4, 0.5) is 9.93 Å². The molecule has 1 spiro atoms. The van der Waals surface area contributed by atoms with Gasteiger partial charge in [0, 0.05) is 0 Å². The van der Waals surface area contributed by atoms with Crippen LogP contribution in [-0.2, 0) is 9.59 Å². The second-order valence-electron chi connectivity index (χ2n) is 6.88. The Bertz CT molecular complexity index is 880. The Morgan fingerprint density at radius 2 is 2.30 bits per heavy atom. The number of amides is 4. The van der Waals surface area contributed by atoms with E-state index >= 15 is 0 Å². The maximum absolute atomic E-state index is 12.9. The second-order valence-corrected chi connectivity index (χ2v) is 7.85. The van der Waals surface area contributed by atoms with Crippen molar-refractivity contribution in [1.29, 1.82) is 0 Å². The number of imide groups is 1. The third-order valence-corrected chi connectivity index (χ3v) is 6.06. The highest BCUT2D eigenvalue weighted by molar-refractivity contribution is 7.18. The quantitative estimate of drug-likeness (QED) is 0.775. The fourth-order valence-electron chi connectivity index (χ4n) is 3.71. The molecule has 2 aromatic heterocycles. The fraction of sp³-hybridized carbons (Fsp3) is 0.471. The van der Waals surface area contributed by atoms with Gasteiger partial charge in [-0.05, 0) is 30.9 Å². The molecule has 4 amide bonds. The zero-order valence-corrected chi connectivity index (χ0v) is 15.5. The average Bonchev–Trinajstić information content (AvgIpc) is 3.36. The van der Waals surface area contributed by atoms with E-state index in [9.17, 15) is 14.4 Å². The van der Waals surface area contributed by atoms with Gasteiger partial charge in [-0.2, -0.15) is 0 Å². The summed E-state index contributed by atoms with van der Waals surface area (Å²) in [4.78, 5) is 38.5. The number of nitrogens with zero attached hydrogens (tertiary/aromatic N) is 3. The van der Waals surface area contributed by atoms with Crippen molar-refractivity contribution in [2.75, 3.05) is 11.9 Å². The number of hydrogen-bond acceptors (Lipinski definition) is 7. The number of urea groups is 1. The Labute approximate surface area is 159 Å². The maximum atomic E-state index is 12.9. The van der Waals surface area contributed by atoms with E-state index in [1.54, 1.807) is 12.1 Å². The van der Waals surface area contributed by atoms with Crippen LogP contribution in [0.15, 0.2) is 22.8 Å². The Morgan fingerprint density at radius 3 is 3.04 bits per heavy atom. The normalized spacial score (nSPS) is 25.1. The standard InChI is InChI=1S/C17H19N5O4S/c1-10-5-2-3-7-17(10)14(24)22(16(25)19-17)9-12(23)18-15-21-20-13(27-15)11-6-4-8-26-11/h4,6,8,10H,2-3,5,7,9H2,1H3,(H,19,25)(H,18,21,23)/t10-,17-/m1/s1. The van der Waals surface area contributed by atoms with Gasteiger partial charge in [0.1, 0.15) is 12.1 Å². The lowest BCUT2D eigenvalue weighted by Gasteiger charge is -2.36. The van der Waals surface area contributed by atoms with Crippen LogP contribution < -0.4 is 10.6 Å². The van der Waals surface area contributed by atoms with Crippen LogP contribution in [-0.4, -0.2) is 45.0 Å². The SMILES string of the molecule is C[C@@H]1CCCC[C@@]12NC(=O)N(CC(=O)Nc1nnc(-c3ccco3)s1)C2=O. The highest BCUT2D eigenvalue weighted by Crippen LogP contribution is 2.38. The molecular weight excluding hydrogens is 370 g/mol. The molecule has 10 heteroatoms. The third-order valence-electron chi connectivity index (χ3n) is 5.21. The summed E-state index contributed by atoms with van der Waals surface area (Å²) < 4.78 is 5.24. The lowest BCUT2D eigenvalue weighted by molar-refractivity contribution is -0.136. The molecule has 2 aromatic rings. The van der Waals surface area contributed by atoms with Crippen molar-refractivity contribution in [3.63, 3.8) is 0 Å². The van der Waals surface area contributed by atoms with E-state index in [4.69, 9.17) is 4.42 Å². The highest BCUT2D eigenvalue weighted by atomic mass is 32.1. The summed E-state index contributed by atoms with van der Waals surface area (Å²) in [5, 5.41) is 14.1. The Morgan fingerprint density at radius 1 is 1.44 bits per heavy atom. The summed E-state index contributed by atoms with van der Waals surface area (Å²) in [7, 11) is 0. The largest absolute Gasteiger partial charge is 0.462 e. The minimum atomic E-state index is -0.870. The molecule has 2 fully saturated rings. The molecule has 27 heavy (non-hydrogen) atoms. The molecule has 4 rings (SSSR count). The molecule has 2 aliphatic rings. The van der Waals surface area contributed by atoms with Crippen molar-refractivity contribution in [2.45, 2.75) is 38.1 Å². The first-order valence-electron chi connectivity index (χ1n) is 8.81. The van der Waals surface area contributed by atoms with Crippen molar-refractivity contribution in [3.05, 3.63) is 18.4 Å². The molecule has 1 aliphatic carbocycles. The van der Waals surface area contributed by atoms with E-state index in [1.807, 2.05) is 6.92 Å². The lowest BCUT2D eigenvalue weighted by atomic mass is 9.73. The minimum absolute atomic E-state index is 0.0507. The minimum Gasteiger partial charge on any atom is -0.462 e. The van der Waals surface area contributed by atoms with Crippen molar-refractivity contribution < 1.29 is 18.8 Å². The number of rotatable bonds is 4. The summed E-state index contributed by atoms with van der Waals surface area (Å²) in [5.74, 6) is -0.213. The van der Waals surface area contributed by atoms with Gasteiger partial charge in [0.05, 0.1) is 6.26 Å². The molecule has 3 heterocycles. The molecule has 0 bridgehead atoms. The van der Waals surface area contributed by atoms with Crippen LogP contribution in [0.25, 0.3) is 10.8 Å². The Hall–Kier alpha value is -2.75. The van der Waals surface area contributed by atoms with Gasteiger partial charge in [-0.25, -0.2) is 4.79 Å². The van der Waals surface area contributed by atoms with E-state index < -0.39 is 17.5 Å². The number of carbonyl (C=O) groups is 3. The predicted octanol–water partition coefficient (Wildman–Crippen LogP) is 2.24. The zero-order chi connectivity index (χ0) is 19.0. The molecule has 1 saturated carbocycles. The van der Waals surface area contributed by atoms with Crippen LogP contribution >= 0.6 is 11.3 Å². The molecule has 9 nitrogen and oxygen atoms in total. The first-order valence-corrected chi connectivity index (χ1v) is 9.62.